The van der Waals surface area contributed by atoms with Gasteiger partial charge >= 0.3 is 6.03 Å². The first-order chi connectivity index (χ1) is 15.0. The first-order valence-corrected chi connectivity index (χ1v) is 11.1. The molecule has 2 aliphatic rings. The number of benzene rings is 1. The van der Waals surface area contributed by atoms with Crippen LogP contribution in [0.5, 0.6) is 5.88 Å². The molecule has 1 N–H and O–H groups in total. The molecule has 8 heteroatoms. The summed E-state index contributed by atoms with van der Waals surface area (Å²) in [5.41, 5.74) is 1.89. The number of nitrogens with zero attached hydrogens (tertiary/aromatic N) is 3. The fourth-order valence-electron chi connectivity index (χ4n) is 4.06. The van der Waals surface area contributed by atoms with E-state index in [1.54, 1.807) is 28.1 Å². The maximum atomic E-state index is 12.7. The van der Waals surface area contributed by atoms with Gasteiger partial charge in [0.15, 0.2) is 0 Å². The van der Waals surface area contributed by atoms with Crippen molar-refractivity contribution < 1.29 is 14.3 Å². The zero-order valence-electron chi connectivity index (χ0n) is 17.6. The SMILES string of the molecule is Cc1ccc(OC2CCC(NC(=O)CN3CCN(c4ccc(Cl)cc4)C3=O)CC2)nc1. The molecular weight excluding hydrogens is 416 g/mol. The van der Waals surface area contributed by atoms with E-state index in [-0.39, 0.29) is 30.6 Å². The van der Waals surface area contributed by atoms with Gasteiger partial charge in [-0.25, -0.2) is 9.78 Å². The number of amides is 3. The number of nitrogens with one attached hydrogen (secondary N) is 1. The monoisotopic (exact) mass is 442 g/mol. The highest BCUT2D eigenvalue weighted by atomic mass is 35.5. The van der Waals surface area contributed by atoms with E-state index < -0.39 is 0 Å². The highest BCUT2D eigenvalue weighted by molar-refractivity contribution is 6.30. The highest BCUT2D eigenvalue weighted by Gasteiger charge is 2.31. The van der Waals surface area contributed by atoms with Crippen molar-refractivity contribution in [3.05, 3.63) is 53.2 Å². The number of carbonyl (C=O) groups is 2. The maximum Gasteiger partial charge on any atom is 0.325 e. The van der Waals surface area contributed by atoms with E-state index >= 15 is 0 Å². The Bertz CT molecular complexity index is 911. The summed E-state index contributed by atoms with van der Waals surface area (Å²) in [7, 11) is 0. The fraction of sp³-hybridized carbons (Fsp3) is 0.435. The molecule has 1 aromatic heterocycles. The number of carbonyl (C=O) groups excluding carboxylic acids is 2. The number of hydrogen-bond acceptors (Lipinski definition) is 4. The second kappa shape index (κ2) is 9.56. The van der Waals surface area contributed by atoms with Crippen molar-refractivity contribution in [2.75, 3.05) is 24.5 Å². The Morgan fingerprint density at radius 2 is 1.87 bits per heavy atom. The molecule has 2 aromatic rings. The summed E-state index contributed by atoms with van der Waals surface area (Å²) >= 11 is 5.92. The molecule has 0 unspecified atom stereocenters. The minimum atomic E-state index is -0.153. The molecule has 1 saturated carbocycles. The third-order valence-corrected chi connectivity index (χ3v) is 6.03. The van der Waals surface area contributed by atoms with Crippen molar-refractivity contribution in [3.8, 4) is 5.88 Å². The Morgan fingerprint density at radius 3 is 2.55 bits per heavy atom. The number of aromatic nitrogens is 1. The van der Waals surface area contributed by atoms with Crippen LogP contribution in [0.1, 0.15) is 31.2 Å². The van der Waals surface area contributed by atoms with Crippen LogP contribution < -0.4 is 15.0 Å². The molecular formula is C23H27ClN4O3. The molecule has 1 aliphatic carbocycles. The molecule has 2 heterocycles. The topological polar surface area (TPSA) is 74.8 Å². The quantitative estimate of drug-likeness (QED) is 0.738. The molecule has 0 bridgehead atoms. The standard InChI is InChI=1S/C23H27ClN4O3/c1-16-2-11-22(25-14-16)31-20-9-5-18(6-10-20)26-21(29)15-27-12-13-28(23(27)30)19-7-3-17(24)4-8-19/h2-4,7-8,11,14,18,20H,5-6,9-10,12-13,15H2,1H3,(H,26,29). The lowest BCUT2D eigenvalue weighted by Gasteiger charge is -2.29. The van der Waals surface area contributed by atoms with Gasteiger partial charge in [0.25, 0.3) is 0 Å². The Morgan fingerprint density at radius 1 is 1.13 bits per heavy atom. The Labute approximate surface area is 187 Å². The van der Waals surface area contributed by atoms with Crippen LogP contribution in [0.25, 0.3) is 0 Å². The molecule has 31 heavy (non-hydrogen) atoms. The summed E-state index contributed by atoms with van der Waals surface area (Å²) in [5, 5.41) is 3.71. The maximum absolute atomic E-state index is 12.7. The van der Waals surface area contributed by atoms with Crippen LogP contribution in [0.2, 0.25) is 5.02 Å². The van der Waals surface area contributed by atoms with Crippen LogP contribution in [-0.4, -0.2) is 53.6 Å². The number of halogens is 1. The van der Waals surface area contributed by atoms with Gasteiger partial charge in [0.05, 0.1) is 0 Å². The van der Waals surface area contributed by atoms with Gasteiger partial charge in [-0.1, -0.05) is 17.7 Å². The fourth-order valence-corrected chi connectivity index (χ4v) is 4.18. The van der Waals surface area contributed by atoms with Gasteiger partial charge in [-0.15, -0.1) is 0 Å². The third-order valence-electron chi connectivity index (χ3n) is 5.78. The number of pyridine rings is 1. The normalized spacial score (nSPS) is 21.3. The van der Waals surface area contributed by atoms with Crippen LogP contribution >= 0.6 is 11.6 Å². The van der Waals surface area contributed by atoms with Gasteiger partial charge in [0.2, 0.25) is 11.8 Å². The van der Waals surface area contributed by atoms with Crippen LogP contribution in [-0.2, 0) is 4.79 Å². The van der Waals surface area contributed by atoms with Gasteiger partial charge in [-0.2, -0.15) is 0 Å². The van der Waals surface area contributed by atoms with E-state index in [1.807, 2.05) is 31.2 Å². The zero-order chi connectivity index (χ0) is 21.8. The zero-order valence-corrected chi connectivity index (χ0v) is 18.3. The smallest absolute Gasteiger partial charge is 0.325 e. The van der Waals surface area contributed by atoms with Crippen molar-refractivity contribution in [1.82, 2.24) is 15.2 Å². The number of urea groups is 1. The molecule has 1 saturated heterocycles. The first-order valence-electron chi connectivity index (χ1n) is 10.7. The van der Waals surface area contributed by atoms with Crippen molar-refractivity contribution in [2.24, 2.45) is 0 Å². The summed E-state index contributed by atoms with van der Waals surface area (Å²) < 4.78 is 5.96. The minimum absolute atomic E-state index is 0.0760. The number of anilines is 1. The summed E-state index contributed by atoms with van der Waals surface area (Å²) in [6.07, 6.45) is 5.37. The first kappa shape index (κ1) is 21.4. The minimum Gasteiger partial charge on any atom is -0.474 e. The number of rotatable bonds is 6. The lowest BCUT2D eigenvalue weighted by Crippen LogP contribution is -2.45. The largest absolute Gasteiger partial charge is 0.474 e. The summed E-state index contributed by atoms with van der Waals surface area (Å²) in [6.45, 7) is 3.16. The van der Waals surface area contributed by atoms with Gasteiger partial charge in [0.1, 0.15) is 12.6 Å². The van der Waals surface area contributed by atoms with Gasteiger partial charge in [-0.05, 0) is 62.4 Å². The molecule has 0 spiro atoms. The average Bonchev–Trinajstić information content (AvgIpc) is 3.12. The molecule has 1 aliphatic heterocycles. The molecule has 3 amide bonds. The van der Waals surface area contributed by atoms with E-state index in [1.165, 1.54) is 0 Å². The number of aryl methyl sites for hydroxylation is 1. The van der Waals surface area contributed by atoms with Crippen LogP contribution in [0, 0.1) is 6.92 Å². The van der Waals surface area contributed by atoms with E-state index in [2.05, 4.69) is 10.3 Å². The lowest BCUT2D eigenvalue weighted by molar-refractivity contribution is -0.122. The molecule has 2 fully saturated rings. The highest BCUT2D eigenvalue weighted by Crippen LogP contribution is 2.24. The molecule has 164 valence electrons. The van der Waals surface area contributed by atoms with Gasteiger partial charge < -0.3 is 15.0 Å². The van der Waals surface area contributed by atoms with Crippen molar-refractivity contribution in [2.45, 2.75) is 44.8 Å². The Balaban J connectivity index is 1.21. The van der Waals surface area contributed by atoms with Crippen molar-refractivity contribution in [3.63, 3.8) is 0 Å². The van der Waals surface area contributed by atoms with Crippen molar-refractivity contribution in [1.29, 1.82) is 0 Å². The van der Waals surface area contributed by atoms with E-state index in [4.69, 9.17) is 16.3 Å². The number of hydrogen-bond donors (Lipinski definition) is 1. The predicted octanol–water partition coefficient (Wildman–Crippen LogP) is 3.79. The predicted molar refractivity (Wildman–Crippen MR) is 120 cm³/mol. The molecule has 4 rings (SSSR count). The van der Waals surface area contributed by atoms with Crippen LogP contribution in [0.15, 0.2) is 42.6 Å². The van der Waals surface area contributed by atoms with E-state index in [0.29, 0.717) is 24.0 Å². The lowest BCUT2D eigenvalue weighted by atomic mass is 9.93. The molecule has 1 aromatic carbocycles. The Kier molecular flexibility index (Phi) is 6.61. The van der Waals surface area contributed by atoms with Gasteiger partial charge in [-0.3, -0.25) is 9.69 Å². The van der Waals surface area contributed by atoms with E-state index in [9.17, 15) is 9.59 Å². The van der Waals surface area contributed by atoms with E-state index in [0.717, 1.165) is 36.9 Å². The second-order valence-corrected chi connectivity index (χ2v) is 8.60. The van der Waals surface area contributed by atoms with Crippen LogP contribution in [0.3, 0.4) is 0 Å². The van der Waals surface area contributed by atoms with Crippen LogP contribution in [0.4, 0.5) is 10.5 Å². The molecule has 0 atom stereocenters. The second-order valence-electron chi connectivity index (χ2n) is 8.16. The van der Waals surface area contributed by atoms with Crippen molar-refractivity contribution >= 4 is 29.2 Å². The summed E-state index contributed by atoms with van der Waals surface area (Å²) in [6, 6.07) is 11.0. The summed E-state index contributed by atoms with van der Waals surface area (Å²) in [5.74, 6) is 0.534. The third kappa shape index (κ3) is 5.47. The molecule has 0 radical (unpaired) electrons. The average molecular weight is 443 g/mol. The molecule has 7 nitrogen and oxygen atoms in total. The Hall–Kier alpha value is -2.80. The van der Waals surface area contributed by atoms with Gasteiger partial charge in [0, 0.05) is 42.1 Å². The summed E-state index contributed by atoms with van der Waals surface area (Å²) in [4.78, 5) is 32.7. The number of ether oxygens (including phenoxy) is 1.